The molecule has 1 saturated carbocycles. The number of hydrogen-bond acceptors (Lipinski definition) is 3. The van der Waals surface area contributed by atoms with E-state index in [1.54, 1.807) is 0 Å². The Labute approximate surface area is 121 Å². The van der Waals surface area contributed by atoms with E-state index < -0.39 is 23.9 Å². The number of likely N-dealkylation sites (tertiary alicyclic amines) is 1. The van der Waals surface area contributed by atoms with Gasteiger partial charge < -0.3 is 11.1 Å². The Balaban J connectivity index is 1.83. The van der Waals surface area contributed by atoms with Crippen LogP contribution in [-0.2, 0) is 9.59 Å². The minimum absolute atomic E-state index is 0.115. The number of halogens is 3. The predicted octanol–water partition coefficient (Wildman–Crippen LogP) is 0.498. The summed E-state index contributed by atoms with van der Waals surface area (Å²) in [6.07, 6.45) is -1.13. The number of nitrogens with zero attached hydrogens (tertiary/aromatic N) is 1. The lowest BCUT2D eigenvalue weighted by atomic mass is 9.85. The van der Waals surface area contributed by atoms with Crippen LogP contribution in [0.2, 0.25) is 0 Å². The monoisotopic (exact) mass is 307 g/mol. The molecule has 3 N–H and O–H groups in total. The van der Waals surface area contributed by atoms with Gasteiger partial charge in [0, 0.05) is 19.6 Å². The maximum atomic E-state index is 12.9. The SMILES string of the molecule is NC(=O)[C@@H]1CN(CC(=O)NCC2CCC2)C[C@H]1C(F)(F)F. The van der Waals surface area contributed by atoms with E-state index in [2.05, 4.69) is 5.32 Å². The molecule has 0 aromatic heterocycles. The number of carbonyl (C=O) groups is 2. The molecule has 1 saturated heterocycles. The minimum Gasteiger partial charge on any atom is -0.369 e. The van der Waals surface area contributed by atoms with E-state index in [-0.39, 0.29) is 25.5 Å². The third-order valence-electron chi connectivity index (χ3n) is 4.36. The summed E-state index contributed by atoms with van der Waals surface area (Å²) < 4.78 is 38.6. The van der Waals surface area contributed by atoms with Crippen molar-refractivity contribution in [3.05, 3.63) is 0 Å². The summed E-state index contributed by atoms with van der Waals surface area (Å²) in [5, 5.41) is 2.73. The summed E-state index contributed by atoms with van der Waals surface area (Å²) >= 11 is 0. The molecule has 2 fully saturated rings. The van der Waals surface area contributed by atoms with E-state index in [4.69, 9.17) is 5.73 Å². The molecule has 2 rings (SSSR count). The van der Waals surface area contributed by atoms with Crippen LogP contribution in [0, 0.1) is 17.8 Å². The number of nitrogens with one attached hydrogen (secondary N) is 1. The van der Waals surface area contributed by atoms with Crippen molar-refractivity contribution in [1.29, 1.82) is 0 Å². The molecule has 0 unspecified atom stereocenters. The van der Waals surface area contributed by atoms with Crippen LogP contribution in [-0.4, -0.2) is 49.1 Å². The van der Waals surface area contributed by atoms with Crippen LogP contribution >= 0.6 is 0 Å². The van der Waals surface area contributed by atoms with Crippen molar-refractivity contribution in [2.45, 2.75) is 25.4 Å². The molecule has 0 aromatic rings. The highest BCUT2D eigenvalue weighted by Gasteiger charge is 2.51. The topological polar surface area (TPSA) is 75.4 Å². The molecule has 2 amide bonds. The Morgan fingerprint density at radius 1 is 1.24 bits per heavy atom. The lowest BCUT2D eigenvalue weighted by Gasteiger charge is -2.26. The second-order valence-corrected chi connectivity index (χ2v) is 5.95. The van der Waals surface area contributed by atoms with Crippen molar-refractivity contribution in [2.75, 3.05) is 26.2 Å². The molecular formula is C13H20F3N3O2. The highest BCUT2D eigenvalue weighted by atomic mass is 19.4. The first kappa shape index (κ1) is 16.1. The van der Waals surface area contributed by atoms with Crippen molar-refractivity contribution >= 4 is 11.8 Å². The van der Waals surface area contributed by atoms with Crippen molar-refractivity contribution < 1.29 is 22.8 Å². The molecule has 5 nitrogen and oxygen atoms in total. The van der Waals surface area contributed by atoms with Gasteiger partial charge in [0.2, 0.25) is 11.8 Å². The van der Waals surface area contributed by atoms with Gasteiger partial charge in [-0.25, -0.2) is 0 Å². The van der Waals surface area contributed by atoms with Crippen LogP contribution in [0.4, 0.5) is 13.2 Å². The zero-order valence-corrected chi connectivity index (χ0v) is 11.7. The Kier molecular flexibility index (Phi) is 4.75. The maximum absolute atomic E-state index is 12.9. The fourth-order valence-electron chi connectivity index (χ4n) is 2.85. The van der Waals surface area contributed by atoms with Gasteiger partial charge in [-0.1, -0.05) is 6.42 Å². The predicted molar refractivity (Wildman–Crippen MR) is 69.0 cm³/mol. The summed E-state index contributed by atoms with van der Waals surface area (Å²) in [5.41, 5.74) is 5.04. The molecule has 21 heavy (non-hydrogen) atoms. The third kappa shape index (κ3) is 4.09. The first-order valence-electron chi connectivity index (χ1n) is 7.12. The first-order valence-corrected chi connectivity index (χ1v) is 7.12. The molecule has 1 aliphatic carbocycles. The van der Waals surface area contributed by atoms with Crippen molar-refractivity contribution in [2.24, 2.45) is 23.5 Å². The highest BCUT2D eigenvalue weighted by molar-refractivity contribution is 5.79. The fraction of sp³-hybridized carbons (Fsp3) is 0.846. The van der Waals surface area contributed by atoms with Gasteiger partial charge in [-0.15, -0.1) is 0 Å². The van der Waals surface area contributed by atoms with Gasteiger partial charge in [0.1, 0.15) is 0 Å². The van der Waals surface area contributed by atoms with Gasteiger partial charge in [0.15, 0.2) is 0 Å². The first-order chi connectivity index (χ1) is 9.77. The number of rotatable bonds is 5. The smallest absolute Gasteiger partial charge is 0.369 e. The molecule has 0 spiro atoms. The molecule has 8 heteroatoms. The minimum atomic E-state index is -4.48. The van der Waals surface area contributed by atoms with Gasteiger partial charge in [-0.05, 0) is 18.8 Å². The Hall–Kier alpha value is -1.31. The van der Waals surface area contributed by atoms with Gasteiger partial charge in [0.05, 0.1) is 18.4 Å². The average Bonchev–Trinajstić information content (AvgIpc) is 2.70. The zero-order chi connectivity index (χ0) is 15.6. The normalized spacial score (nSPS) is 27.4. The van der Waals surface area contributed by atoms with Crippen LogP contribution in [0.5, 0.6) is 0 Å². The average molecular weight is 307 g/mol. The van der Waals surface area contributed by atoms with Gasteiger partial charge in [0.25, 0.3) is 0 Å². The van der Waals surface area contributed by atoms with E-state index in [1.807, 2.05) is 0 Å². The molecule has 0 bridgehead atoms. The van der Waals surface area contributed by atoms with E-state index in [0.717, 1.165) is 12.8 Å². The third-order valence-corrected chi connectivity index (χ3v) is 4.36. The van der Waals surface area contributed by atoms with Crippen molar-refractivity contribution in [1.82, 2.24) is 10.2 Å². The van der Waals surface area contributed by atoms with E-state index in [9.17, 15) is 22.8 Å². The molecule has 1 aliphatic heterocycles. The quantitative estimate of drug-likeness (QED) is 0.776. The second kappa shape index (κ2) is 6.21. The van der Waals surface area contributed by atoms with Crippen molar-refractivity contribution in [3.63, 3.8) is 0 Å². The van der Waals surface area contributed by atoms with Crippen LogP contribution in [0.3, 0.4) is 0 Å². The van der Waals surface area contributed by atoms with Gasteiger partial charge >= 0.3 is 6.18 Å². The number of amides is 2. The maximum Gasteiger partial charge on any atom is 0.393 e. The number of primary amides is 1. The number of carbonyl (C=O) groups excluding carboxylic acids is 2. The lowest BCUT2D eigenvalue weighted by molar-refractivity contribution is -0.182. The molecule has 0 aromatic carbocycles. The lowest BCUT2D eigenvalue weighted by Crippen LogP contribution is -2.40. The summed E-state index contributed by atoms with van der Waals surface area (Å²) in [4.78, 5) is 24.2. The largest absolute Gasteiger partial charge is 0.393 e. The van der Waals surface area contributed by atoms with Crippen LogP contribution in [0.15, 0.2) is 0 Å². The Morgan fingerprint density at radius 2 is 1.90 bits per heavy atom. The van der Waals surface area contributed by atoms with E-state index in [0.29, 0.717) is 12.5 Å². The summed E-state index contributed by atoms with van der Waals surface area (Å²) in [5.74, 6) is -3.82. The summed E-state index contributed by atoms with van der Waals surface area (Å²) in [6, 6.07) is 0. The summed E-state index contributed by atoms with van der Waals surface area (Å²) in [7, 11) is 0. The van der Waals surface area contributed by atoms with Crippen LogP contribution < -0.4 is 11.1 Å². The number of hydrogen-bond donors (Lipinski definition) is 2. The standard InChI is InChI=1S/C13H20F3N3O2/c14-13(15,16)10-6-19(5-9(10)12(17)21)7-11(20)18-4-8-2-1-3-8/h8-10H,1-7H2,(H2,17,21)(H,18,20)/t9-,10-/m1/s1. The fourth-order valence-corrected chi connectivity index (χ4v) is 2.85. The Bertz CT molecular complexity index is 410. The van der Waals surface area contributed by atoms with Crippen LogP contribution in [0.25, 0.3) is 0 Å². The second-order valence-electron chi connectivity index (χ2n) is 5.95. The van der Waals surface area contributed by atoms with E-state index >= 15 is 0 Å². The van der Waals surface area contributed by atoms with Crippen molar-refractivity contribution in [3.8, 4) is 0 Å². The Morgan fingerprint density at radius 3 is 2.33 bits per heavy atom. The summed E-state index contributed by atoms with van der Waals surface area (Å²) in [6.45, 7) is -0.0119. The van der Waals surface area contributed by atoms with Crippen LogP contribution in [0.1, 0.15) is 19.3 Å². The van der Waals surface area contributed by atoms with Gasteiger partial charge in [-0.2, -0.15) is 13.2 Å². The van der Waals surface area contributed by atoms with E-state index in [1.165, 1.54) is 11.3 Å². The van der Waals surface area contributed by atoms with Gasteiger partial charge in [-0.3, -0.25) is 14.5 Å². The molecule has 0 radical (unpaired) electrons. The number of alkyl halides is 3. The molecule has 2 aliphatic rings. The highest BCUT2D eigenvalue weighted by Crippen LogP contribution is 2.37. The molecule has 120 valence electrons. The zero-order valence-electron chi connectivity index (χ0n) is 11.7. The molecule has 2 atom stereocenters. The number of nitrogens with two attached hydrogens (primary N) is 1. The molecular weight excluding hydrogens is 287 g/mol. The molecule has 1 heterocycles.